The van der Waals surface area contributed by atoms with Crippen molar-refractivity contribution in [2.45, 2.75) is 13.5 Å². The summed E-state index contributed by atoms with van der Waals surface area (Å²) in [5.41, 5.74) is 2.22. The topological polar surface area (TPSA) is 87.3 Å². The number of ether oxygens (including phenoxy) is 2. The number of aryl methyl sites for hydroxylation is 1. The smallest absolute Gasteiger partial charge is 0.351 e. The van der Waals surface area contributed by atoms with Gasteiger partial charge in [0, 0.05) is 11.1 Å². The minimum Gasteiger partial charge on any atom is -0.497 e. The molecule has 0 spiro atoms. The SMILES string of the molecule is COc1cccc(-c2noc(COC(=O)c3sc(C)nc3-c3ccccc3)n2)c1. The van der Waals surface area contributed by atoms with Crippen molar-refractivity contribution < 1.29 is 18.8 Å². The van der Waals surface area contributed by atoms with Crippen molar-refractivity contribution in [1.82, 2.24) is 15.1 Å². The van der Waals surface area contributed by atoms with Gasteiger partial charge in [0.15, 0.2) is 6.61 Å². The van der Waals surface area contributed by atoms with E-state index in [2.05, 4.69) is 15.1 Å². The van der Waals surface area contributed by atoms with Gasteiger partial charge >= 0.3 is 5.97 Å². The van der Waals surface area contributed by atoms with Crippen molar-refractivity contribution in [3.8, 4) is 28.4 Å². The summed E-state index contributed by atoms with van der Waals surface area (Å²) in [5.74, 6) is 0.817. The summed E-state index contributed by atoms with van der Waals surface area (Å²) >= 11 is 1.29. The first-order valence-corrected chi connectivity index (χ1v) is 9.62. The summed E-state index contributed by atoms with van der Waals surface area (Å²) in [4.78, 5) is 21.8. The number of carbonyl (C=O) groups is 1. The van der Waals surface area contributed by atoms with Crippen molar-refractivity contribution in [3.05, 3.63) is 70.4 Å². The lowest BCUT2D eigenvalue weighted by molar-refractivity contribution is 0.0436. The third-order valence-electron chi connectivity index (χ3n) is 4.09. The van der Waals surface area contributed by atoms with Crippen LogP contribution in [0.1, 0.15) is 20.6 Å². The summed E-state index contributed by atoms with van der Waals surface area (Å²) in [5, 5.41) is 4.73. The number of rotatable bonds is 6. The number of carbonyl (C=O) groups excluding carboxylic acids is 1. The molecule has 0 saturated heterocycles. The molecule has 2 aromatic carbocycles. The molecule has 0 fully saturated rings. The molecule has 29 heavy (non-hydrogen) atoms. The van der Waals surface area contributed by atoms with Crippen molar-refractivity contribution in [2.24, 2.45) is 0 Å². The molecule has 0 aliphatic rings. The Kier molecular flexibility index (Phi) is 5.35. The summed E-state index contributed by atoms with van der Waals surface area (Å²) < 4.78 is 15.8. The second-order valence-corrected chi connectivity index (χ2v) is 7.30. The van der Waals surface area contributed by atoms with Gasteiger partial charge in [-0.3, -0.25) is 0 Å². The molecular weight excluding hydrogens is 390 g/mol. The van der Waals surface area contributed by atoms with Crippen LogP contribution in [0.4, 0.5) is 0 Å². The van der Waals surface area contributed by atoms with E-state index in [0.29, 0.717) is 22.1 Å². The van der Waals surface area contributed by atoms with E-state index in [1.807, 2.05) is 55.5 Å². The molecule has 2 heterocycles. The van der Waals surface area contributed by atoms with E-state index in [0.717, 1.165) is 16.1 Å². The number of methoxy groups -OCH3 is 1. The Morgan fingerprint density at radius 1 is 1.07 bits per heavy atom. The zero-order chi connectivity index (χ0) is 20.2. The van der Waals surface area contributed by atoms with Gasteiger partial charge in [-0.05, 0) is 19.1 Å². The Bertz CT molecular complexity index is 1140. The highest BCUT2D eigenvalue weighted by molar-refractivity contribution is 7.14. The Morgan fingerprint density at radius 2 is 1.86 bits per heavy atom. The zero-order valence-corrected chi connectivity index (χ0v) is 16.6. The lowest BCUT2D eigenvalue weighted by Crippen LogP contribution is -2.05. The molecule has 0 aliphatic heterocycles. The molecule has 8 heteroatoms. The minimum atomic E-state index is -0.476. The molecule has 0 radical (unpaired) electrons. The number of hydrogen-bond acceptors (Lipinski definition) is 8. The van der Waals surface area contributed by atoms with E-state index in [-0.39, 0.29) is 12.5 Å². The van der Waals surface area contributed by atoms with Crippen LogP contribution in [0, 0.1) is 6.92 Å². The van der Waals surface area contributed by atoms with E-state index < -0.39 is 5.97 Å². The number of esters is 1. The van der Waals surface area contributed by atoms with Gasteiger partial charge in [-0.1, -0.05) is 47.6 Å². The molecule has 2 aromatic heterocycles. The zero-order valence-electron chi connectivity index (χ0n) is 15.8. The molecule has 0 bridgehead atoms. The molecular formula is C21H17N3O4S. The lowest BCUT2D eigenvalue weighted by atomic mass is 10.1. The first-order valence-electron chi connectivity index (χ1n) is 8.81. The van der Waals surface area contributed by atoms with Gasteiger partial charge in [0.1, 0.15) is 10.6 Å². The fourth-order valence-electron chi connectivity index (χ4n) is 2.74. The van der Waals surface area contributed by atoms with Crippen LogP contribution in [-0.2, 0) is 11.3 Å². The van der Waals surface area contributed by atoms with E-state index in [1.165, 1.54) is 11.3 Å². The number of nitrogens with zero attached hydrogens (tertiary/aromatic N) is 3. The van der Waals surface area contributed by atoms with Gasteiger partial charge in [-0.2, -0.15) is 4.98 Å². The molecule has 0 aliphatic carbocycles. The number of benzene rings is 2. The number of thiazole rings is 1. The monoisotopic (exact) mass is 407 g/mol. The molecule has 0 saturated carbocycles. The molecule has 0 amide bonds. The van der Waals surface area contributed by atoms with Gasteiger partial charge in [0.25, 0.3) is 5.89 Å². The molecule has 0 atom stereocenters. The summed E-state index contributed by atoms with van der Waals surface area (Å²) in [7, 11) is 1.59. The second-order valence-electron chi connectivity index (χ2n) is 6.10. The van der Waals surface area contributed by atoms with Gasteiger partial charge < -0.3 is 14.0 Å². The highest BCUT2D eigenvalue weighted by Crippen LogP contribution is 2.29. The third-order valence-corrected chi connectivity index (χ3v) is 5.04. The second kappa shape index (κ2) is 8.24. The normalized spacial score (nSPS) is 10.7. The standard InChI is InChI=1S/C21H17N3O4S/c1-13-22-18(14-7-4-3-5-8-14)19(29-13)21(25)27-12-17-23-20(24-28-17)15-9-6-10-16(11-15)26-2/h3-11H,12H2,1-2H3. The van der Waals surface area contributed by atoms with Crippen molar-refractivity contribution in [2.75, 3.05) is 7.11 Å². The maximum absolute atomic E-state index is 12.6. The van der Waals surface area contributed by atoms with Crippen LogP contribution < -0.4 is 4.74 Å². The van der Waals surface area contributed by atoms with Crippen molar-refractivity contribution in [3.63, 3.8) is 0 Å². The maximum atomic E-state index is 12.6. The quantitative estimate of drug-likeness (QED) is 0.434. The van der Waals surface area contributed by atoms with Crippen LogP contribution >= 0.6 is 11.3 Å². The van der Waals surface area contributed by atoms with E-state index in [1.54, 1.807) is 13.2 Å². The molecule has 7 nitrogen and oxygen atoms in total. The van der Waals surface area contributed by atoms with Crippen molar-refractivity contribution >= 4 is 17.3 Å². The highest BCUT2D eigenvalue weighted by Gasteiger charge is 2.20. The van der Waals surface area contributed by atoms with Gasteiger partial charge in [-0.25, -0.2) is 9.78 Å². The van der Waals surface area contributed by atoms with Crippen molar-refractivity contribution in [1.29, 1.82) is 0 Å². The maximum Gasteiger partial charge on any atom is 0.351 e. The summed E-state index contributed by atoms with van der Waals surface area (Å²) in [6.45, 7) is 1.73. The minimum absolute atomic E-state index is 0.124. The number of aromatic nitrogens is 3. The van der Waals surface area contributed by atoms with Crippen LogP contribution in [0.25, 0.3) is 22.6 Å². The largest absolute Gasteiger partial charge is 0.497 e. The van der Waals surface area contributed by atoms with Crippen LogP contribution in [0.15, 0.2) is 59.1 Å². The molecule has 146 valence electrons. The predicted molar refractivity (Wildman–Crippen MR) is 108 cm³/mol. The first-order chi connectivity index (χ1) is 14.1. The van der Waals surface area contributed by atoms with Crippen LogP contribution in [-0.4, -0.2) is 28.2 Å². The van der Waals surface area contributed by atoms with E-state index in [9.17, 15) is 4.79 Å². The molecule has 0 N–H and O–H groups in total. The molecule has 0 unspecified atom stereocenters. The van der Waals surface area contributed by atoms with Crippen LogP contribution in [0.5, 0.6) is 5.75 Å². The Balaban J connectivity index is 1.48. The fraction of sp³-hybridized carbons (Fsp3) is 0.143. The Hall–Kier alpha value is -3.52. The highest BCUT2D eigenvalue weighted by atomic mass is 32.1. The molecule has 4 rings (SSSR count). The van der Waals surface area contributed by atoms with Crippen LogP contribution in [0.3, 0.4) is 0 Å². The first kappa shape index (κ1) is 18.8. The van der Waals surface area contributed by atoms with E-state index >= 15 is 0 Å². The average Bonchev–Trinajstić information content (AvgIpc) is 3.39. The van der Waals surface area contributed by atoms with Crippen LogP contribution in [0.2, 0.25) is 0 Å². The Labute approximate surface area is 170 Å². The predicted octanol–water partition coefficient (Wildman–Crippen LogP) is 4.53. The summed E-state index contributed by atoms with van der Waals surface area (Å²) in [6.07, 6.45) is 0. The fourth-order valence-corrected chi connectivity index (χ4v) is 3.58. The lowest BCUT2D eigenvalue weighted by Gasteiger charge is -2.02. The molecule has 4 aromatic rings. The van der Waals surface area contributed by atoms with Gasteiger partial charge in [0.2, 0.25) is 5.82 Å². The summed E-state index contributed by atoms with van der Waals surface area (Å²) in [6, 6.07) is 16.8. The van der Waals surface area contributed by atoms with Gasteiger partial charge in [-0.15, -0.1) is 11.3 Å². The Morgan fingerprint density at radius 3 is 2.66 bits per heavy atom. The third kappa shape index (κ3) is 4.17. The average molecular weight is 407 g/mol. The van der Waals surface area contributed by atoms with E-state index in [4.69, 9.17) is 14.0 Å². The van der Waals surface area contributed by atoms with Gasteiger partial charge in [0.05, 0.1) is 17.8 Å². The number of hydrogen-bond donors (Lipinski definition) is 0.